The Morgan fingerprint density at radius 2 is 2.00 bits per heavy atom. The van der Waals surface area contributed by atoms with Gasteiger partial charge >= 0.3 is 0 Å². The van der Waals surface area contributed by atoms with Gasteiger partial charge in [0, 0.05) is 13.0 Å². The van der Waals surface area contributed by atoms with Crippen LogP contribution in [-0.4, -0.2) is 12.2 Å². The van der Waals surface area contributed by atoms with E-state index in [9.17, 15) is 0 Å². The van der Waals surface area contributed by atoms with Crippen LogP contribution < -0.4 is 0 Å². The van der Waals surface area contributed by atoms with Crippen molar-refractivity contribution in [2.45, 2.75) is 25.9 Å². The zero-order valence-electron chi connectivity index (χ0n) is 8.99. The minimum atomic E-state index is -0.240. The molecule has 0 fully saturated rings. The Hall–Kier alpha value is -1.08. The van der Waals surface area contributed by atoms with Crippen LogP contribution in [0, 0.1) is 0 Å². The van der Waals surface area contributed by atoms with Gasteiger partial charge in [-0.05, 0) is 19.4 Å². The number of hydrogen-bond acceptors (Lipinski definition) is 1. The number of rotatable bonds is 5. The van der Waals surface area contributed by atoms with Crippen molar-refractivity contribution in [3.05, 3.63) is 48.6 Å². The van der Waals surface area contributed by atoms with E-state index in [1.165, 1.54) is 5.56 Å². The molecule has 1 nitrogen and oxygen atoms in total. The second-order valence-corrected chi connectivity index (χ2v) is 3.61. The first kappa shape index (κ1) is 11.0. The van der Waals surface area contributed by atoms with Crippen LogP contribution in [-0.2, 0) is 11.2 Å². The molecule has 1 heteroatoms. The summed E-state index contributed by atoms with van der Waals surface area (Å²) in [4.78, 5) is 0. The molecule has 0 saturated carbocycles. The summed E-state index contributed by atoms with van der Waals surface area (Å²) in [7, 11) is 0. The maximum atomic E-state index is 5.66. The molecule has 1 atom stereocenters. The third-order valence-electron chi connectivity index (χ3n) is 2.30. The van der Waals surface area contributed by atoms with Crippen LogP contribution in [0.3, 0.4) is 0 Å². The summed E-state index contributed by atoms with van der Waals surface area (Å²) < 4.78 is 5.66. The van der Waals surface area contributed by atoms with Crippen molar-refractivity contribution in [1.29, 1.82) is 0 Å². The summed E-state index contributed by atoms with van der Waals surface area (Å²) in [5.74, 6) is 0. The van der Waals surface area contributed by atoms with Gasteiger partial charge in [-0.2, -0.15) is 0 Å². The molecule has 1 unspecified atom stereocenters. The molecule has 0 aromatic heterocycles. The molecular weight excluding hydrogens is 172 g/mol. The van der Waals surface area contributed by atoms with Crippen molar-refractivity contribution in [2.24, 2.45) is 0 Å². The molecule has 0 N–H and O–H groups in total. The molecule has 0 aliphatic rings. The standard InChI is InChI=1S/C13H18O/c1-4-13(3,14-5-2)11-12-9-7-6-8-10-12/h4,6-10H,1,5,11H2,2-3H3. The van der Waals surface area contributed by atoms with Gasteiger partial charge in [-0.1, -0.05) is 36.4 Å². The van der Waals surface area contributed by atoms with Crippen LogP contribution in [0.1, 0.15) is 19.4 Å². The van der Waals surface area contributed by atoms with Crippen molar-refractivity contribution in [1.82, 2.24) is 0 Å². The summed E-state index contributed by atoms with van der Waals surface area (Å²) in [6.45, 7) is 8.61. The van der Waals surface area contributed by atoms with Gasteiger partial charge in [0.05, 0.1) is 5.60 Å². The number of benzene rings is 1. The van der Waals surface area contributed by atoms with Gasteiger partial charge in [-0.25, -0.2) is 0 Å². The van der Waals surface area contributed by atoms with E-state index in [0.717, 1.165) is 13.0 Å². The lowest BCUT2D eigenvalue weighted by molar-refractivity contribution is 0.0144. The number of ether oxygens (including phenoxy) is 1. The van der Waals surface area contributed by atoms with Gasteiger partial charge in [0.15, 0.2) is 0 Å². The zero-order valence-corrected chi connectivity index (χ0v) is 8.99. The molecule has 0 aliphatic carbocycles. The van der Waals surface area contributed by atoms with Gasteiger partial charge in [0.25, 0.3) is 0 Å². The number of hydrogen-bond donors (Lipinski definition) is 0. The van der Waals surface area contributed by atoms with Crippen LogP contribution in [0.15, 0.2) is 43.0 Å². The molecule has 0 heterocycles. The van der Waals surface area contributed by atoms with Crippen LogP contribution in [0.5, 0.6) is 0 Å². The molecule has 1 rings (SSSR count). The monoisotopic (exact) mass is 190 g/mol. The average molecular weight is 190 g/mol. The van der Waals surface area contributed by atoms with Crippen molar-refractivity contribution in [3.8, 4) is 0 Å². The predicted molar refractivity (Wildman–Crippen MR) is 60.4 cm³/mol. The third-order valence-corrected chi connectivity index (χ3v) is 2.30. The van der Waals surface area contributed by atoms with Crippen molar-refractivity contribution in [2.75, 3.05) is 6.61 Å². The van der Waals surface area contributed by atoms with Crippen LogP contribution >= 0.6 is 0 Å². The van der Waals surface area contributed by atoms with Crippen LogP contribution in [0.4, 0.5) is 0 Å². The topological polar surface area (TPSA) is 9.23 Å². The highest BCUT2D eigenvalue weighted by Gasteiger charge is 2.20. The molecule has 0 aliphatic heterocycles. The molecule has 14 heavy (non-hydrogen) atoms. The summed E-state index contributed by atoms with van der Waals surface area (Å²) >= 11 is 0. The SMILES string of the molecule is C=CC(C)(Cc1ccccc1)OCC. The van der Waals surface area contributed by atoms with E-state index in [4.69, 9.17) is 4.74 Å². The van der Waals surface area contributed by atoms with Crippen molar-refractivity contribution in [3.63, 3.8) is 0 Å². The fourth-order valence-corrected chi connectivity index (χ4v) is 1.51. The summed E-state index contributed by atoms with van der Waals surface area (Å²) in [6, 6.07) is 10.3. The van der Waals surface area contributed by atoms with E-state index in [0.29, 0.717) is 0 Å². The fourth-order valence-electron chi connectivity index (χ4n) is 1.51. The summed E-state index contributed by atoms with van der Waals surface area (Å²) in [5.41, 5.74) is 1.04. The molecule has 1 aromatic carbocycles. The highest BCUT2D eigenvalue weighted by molar-refractivity contribution is 5.18. The van der Waals surface area contributed by atoms with E-state index in [1.807, 2.05) is 31.2 Å². The first-order chi connectivity index (χ1) is 6.70. The first-order valence-electron chi connectivity index (χ1n) is 5.01. The van der Waals surface area contributed by atoms with Crippen molar-refractivity contribution >= 4 is 0 Å². The van der Waals surface area contributed by atoms with Gasteiger partial charge in [-0.15, -0.1) is 6.58 Å². The lowest BCUT2D eigenvalue weighted by atomic mass is 9.96. The normalized spacial score (nSPS) is 14.7. The minimum absolute atomic E-state index is 0.240. The highest BCUT2D eigenvalue weighted by Crippen LogP contribution is 2.18. The van der Waals surface area contributed by atoms with E-state index < -0.39 is 0 Å². The maximum absolute atomic E-state index is 5.66. The van der Waals surface area contributed by atoms with Gasteiger partial charge < -0.3 is 4.74 Å². The molecule has 76 valence electrons. The lowest BCUT2D eigenvalue weighted by Gasteiger charge is -2.25. The second kappa shape index (κ2) is 4.97. The lowest BCUT2D eigenvalue weighted by Crippen LogP contribution is -2.28. The predicted octanol–water partition coefficient (Wildman–Crippen LogP) is 3.21. The Kier molecular flexibility index (Phi) is 3.90. The third kappa shape index (κ3) is 3.00. The molecule has 0 amide bonds. The van der Waals surface area contributed by atoms with E-state index in [2.05, 4.69) is 25.6 Å². The molecular formula is C13H18O. The van der Waals surface area contributed by atoms with Crippen LogP contribution in [0.2, 0.25) is 0 Å². The largest absolute Gasteiger partial charge is 0.371 e. The fraction of sp³-hybridized carbons (Fsp3) is 0.385. The smallest absolute Gasteiger partial charge is 0.0871 e. The van der Waals surface area contributed by atoms with E-state index in [-0.39, 0.29) is 5.60 Å². The average Bonchev–Trinajstić information content (AvgIpc) is 2.20. The molecule has 0 bridgehead atoms. The maximum Gasteiger partial charge on any atom is 0.0871 e. The quantitative estimate of drug-likeness (QED) is 0.648. The zero-order chi connectivity index (χ0) is 10.4. The molecule has 1 aromatic rings. The highest BCUT2D eigenvalue weighted by atomic mass is 16.5. The minimum Gasteiger partial charge on any atom is -0.371 e. The molecule has 0 saturated heterocycles. The Morgan fingerprint density at radius 1 is 1.36 bits per heavy atom. The van der Waals surface area contributed by atoms with Gasteiger partial charge in [-0.3, -0.25) is 0 Å². The van der Waals surface area contributed by atoms with E-state index in [1.54, 1.807) is 0 Å². The van der Waals surface area contributed by atoms with Crippen LogP contribution in [0.25, 0.3) is 0 Å². The first-order valence-corrected chi connectivity index (χ1v) is 5.01. The van der Waals surface area contributed by atoms with E-state index >= 15 is 0 Å². The van der Waals surface area contributed by atoms with Gasteiger partial charge in [0.2, 0.25) is 0 Å². The summed E-state index contributed by atoms with van der Waals surface area (Å²) in [5, 5.41) is 0. The Morgan fingerprint density at radius 3 is 2.50 bits per heavy atom. The van der Waals surface area contributed by atoms with Crippen molar-refractivity contribution < 1.29 is 4.74 Å². The summed E-state index contributed by atoms with van der Waals surface area (Å²) in [6.07, 6.45) is 2.76. The Labute approximate surface area is 86.4 Å². The Balaban J connectivity index is 2.70. The van der Waals surface area contributed by atoms with Gasteiger partial charge in [0.1, 0.15) is 0 Å². The Bertz CT molecular complexity index is 279. The molecule has 0 spiro atoms. The second-order valence-electron chi connectivity index (χ2n) is 3.61. The molecule has 0 radical (unpaired) electrons.